The number of carbonyl (C=O) groups excluding carboxylic acids is 1. The molecule has 6 nitrogen and oxygen atoms in total. The topological polar surface area (TPSA) is 60.0 Å². The average Bonchev–Trinajstić information content (AvgIpc) is 2.83. The molecule has 1 aliphatic rings. The minimum Gasteiger partial charge on any atom is -0.490 e. The van der Waals surface area contributed by atoms with Gasteiger partial charge in [-0.25, -0.2) is 0 Å². The molecule has 1 saturated heterocycles. The summed E-state index contributed by atoms with van der Waals surface area (Å²) in [6.07, 6.45) is 2.72. The molecule has 1 aliphatic heterocycles. The Bertz CT molecular complexity index is 866. The van der Waals surface area contributed by atoms with Crippen molar-refractivity contribution in [2.45, 2.75) is 58.2 Å². The normalized spacial score (nSPS) is 16.9. The molecule has 6 heteroatoms. The van der Waals surface area contributed by atoms with Gasteiger partial charge in [0.1, 0.15) is 6.10 Å². The molecule has 0 bridgehead atoms. The van der Waals surface area contributed by atoms with Crippen LogP contribution in [0.4, 0.5) is 0 Å². The lowest BCUT2D eigenvalue weighted by atomic mass is 10.0. The zero-order valence-electron chi connectivity index (χ0n) is 20.4. The molecular weight excluding hydrogens is 416 g/mol. The molecule has 1 fully saturated rings. The van der Waals surface area contributed by atoms with E-state index in [9.17, 15) is 4.79 Å². The van der Waals surface area contributed by atoms with Crippen LogP contribution in [0.15, 0.2) is 48.5 Å². The second kappa shape index (κ2) is 12.6. The monoisotopic (exact) mass is 454 g/mol. The second-order valence-corrected chi connectivity index (χ2v) is 8.83. The van der Waals surface area contributed by atoms with Crippen LogP contribution >= 0.6 is 0 Å². The second-order valence-electron chi connectivity index (χ2n) is 8.83. The predicted molar refractivity (Wildman–Crippen MR) is 131 cm³/mol. The van der Waals surface area contributed by atoms with E-state index in [1.807, 2.05) is 60.4 Å². The summed E-state index contributed by atoms with van der Waals surface area (Å²) >= 11 is 0. The summed E-state index contributed by atoms with van der Waals surface area (Å²) in [6, 6.07) is 15.9. The summed E-state index contributed by atoms with van der Waals surface area (Å²) in [5.74, 6) is 1.25. The summed E-state index contributed by atoms with van der Waals surface area (Å²) in [6.45, 7) is 9.12. The quantitative estimate of drug-likeness (QED) is 0.492. The molecule has 1 amide bonds. The number of carbonyl (C=O) groups is 1. The number of benzene rings is 2. The Morgan fingerprint density at radius 3 is 2.55 bits per heavy atom. The van der Waals surface area contributed by atoms with Crippen LogP contribution in [0.1, 0.15) is 62.1 Å². The van der Waals surface area contributed by atoms with Crippen LogP contribution < -0.4 is 14.8 Å². The van der Waals surface area contributed by atoms with Gasteiger partial charge in [0.2, 0.25) is 0 Å². The maximum atomic E-state index is 13.6. The van der Waals surface area contributed by atoms with Crippen molar-refractivity contribution in [2.24, 2.45) is 0 Å². The van der Waals surface area contributed by atoms with Gasteiger partial charge in [0.25, 0.3) is 5.91 Å². The number of nitrogens with zero attached hydrogens (tertiary/aromatic N) is 1. The molecule has 0 aliphatic carbocycles. The van der Waals surface area contributed by atoms with E-state index in [2.05, 4.69) is 19.2 Å². The average molecular weight is 455 g/mol. The van der Waals surface area contributed by atoms with E-state index in [0.29, 0.717) is 30.3 Å². The highest BCUT2D eigenvalue weighted by Crippen LogP contribution is 2.33. The Hall–Kier alpha value is -2.57. The van der Waals surface area contributed by atoms with Gasteiger partial charge >= 0.3 is 0 Å². The number of nitrogens with one attached hydrogen (secondary N) is 1. The molecule has 0 unspecified atom stereocenters. The van der Waals surface area contributed by atoms with Crippen LogP contribution in [0.25, 0.3) is 0 Å². The molecule has 0 saturated carbocycles. The number of rotatable bonds is 11. The molecule has 0 aromatic heterocycles. The third-order valence-corrected chi connectivity index (χ3v) is 5.97. The van der Waals surface area contributed by atoms with Crippen LogP contribution in [0, 0.1) is 0 Å². The van der Waals surface area contributed by atoms with Crippen LogP contribution in [-0.4, -0.2) is 56.3 Å². The highest BCUT2D eigenvalue weighted by Gasteiger charge is 2.29. The molecule has 33 heavy (non-hydrogen) atoms. The SMILES string of the molecule is COCCCOc1cc(C(=O)N(C(C)C)[C@@H]2CCCNC2)ccc1O[C@@H](C)c1ccccc1. The predicted octanol–water partition coefficient (Wildman–Crippen LogP) is 4.84. The Morgan fingerprint density at radius 2 is 1.88 bits per heavy atom. The van der Waals surface area contributed by atoms with E-state index in [0.717, 1.165) is 37.9 Å². The van der Waals surface area contributed by atoms with E-state index in [-0.39, 0.29) is 24.1 Å². The van der Waals surface area contributed by atoms with Crippen molar-refractivity contribution in [2.75, 3.05) is 33.4 Å². The summed E-state index contributed by atoms with van der Waals surface area (Å²) in [4.78, 5) is 15.6. The minimum absolute atomic E-state index is 0.0306. The molecule has 0 radical (unpaired) electrons. The first-order valence-electron chi connectivity index (χ1n) is 12.0. The number of methoxy groups -OCH3 is 1. The van der Waals surface area contributed by atoms with Crippen LogP contribution in [-0.2, 0) is 4.74 Å². The lowest BCUT2D eigenvalue weighted by Crippen LogP contribution is -2.51. The van der Waals surface area contributed by atoms with Crippen molar-refractivity contribution in [1.29, 1.82) is 0 Å². The molecule has 1 heterocycles. The molecule has 0 spiro atoms. The maximum Gasteiger partial charge on any atom is 0.254 e. The van der Waals surface area contributed by atoms with Gasteiger partial charge in [-0.1, -0.05) is 30.3 Å². The van der Waals surface area contributed by atoms with Gasteiger partial charge < -0.3 is 24.4 Å². The number of hydrogen-bond acceptors (Lipinski definition) is 5. The van der Waals surface area contributed by atoms with Crippen molar-refractivity contribution < 1.29 is 19.0 Å². The molecule has 180 valence electrons. The number of ether oxygens (including phenoxy) is 3. The summed E-state index contributed by atoms with van der Waals surface area (Å²) in [5.41, 5.74) is 1.70. The van der Waals surface area contributed by atoms with Crippen molar-refractivity contribution >= 4 is 5.91 Å². The van der Waals surface area contributed by atoms with E-state index >= 15 is 0 Å². The fourth-order valence-corrected chi connectivity index (χ4v) is 4.26. The van der Waals surface area contributed by atoms with Crippen molar-refractivity contribution in [3.8, 4) is 11.5 Å². The zero-order valence-corrected chi connectivity index (χ0v) is 20.4. The van der Waals surface area contributed by atoms with Crippen LogP contribution in [0.3, 0.4) is 0 Å². The van der Waals surface area contributed by atoms with Crippen LogP contribution in [0.2, 0.25) is 0 Å². The van der Waals surface area contributed by atoms with Crippen molar-refractivity contribution in [3.63, 3.8) is 0 Å². The van der Waals surface area contributed by atoms with Gasteiger partial charge in [0.05, 0.1) is 6.61 Å². The highest BCUT2D eigenvalue weighted by molar-refractivity contribution is 5.95. The van der Waals surface area contributed by atoms with Crippen molar-refractivity contribution in [1.82, 2.24) is 10.2 Å². The first-order valence-corrected chi connectivity index (χ1v) is 12.0. The van der Waals surface area contributed by atoms with Gasteiger partial charge in [-0.3, -0.25) is 4.79 Å². The fourth-order valence-electron chi connectivity index (χ4n) is 4.26. The third-order valence-electron chi connectivity index (χ3n) is 5.97. The number of piperidine rings is 1. The highest BCUT2D eigenvalue weighted by atomic mass is 16.5. The third kappa shape index (κ3) is 6.95. The molecule has 3 rings (SSSR count). The Morgan fingerprint density at radius 1 is 1.09 bits per heavy atom. The van der Waals surface area contributed by atoms with E-state index in [1.165, 1.54) is 0 Å². The Labute approximate surface area is 198 Å². The number of amides is 1. The standard InChI is InChI=1S/C27H38N2O4/c1-20(2)29(24-12-8-15-28-19-24)27(30)23-13-14-25(26(18-23)32-17-9-16-31-4)33-21(3)22-10-6-5-7-11-22/h5-7,10-11,13-14,18,20-21,24,28H,8-9,12,15-17,19H2,1-4H3/t21-,24+/m0/s1. The first kappa shape index (κ1) is 25.1. The summed E-state index contributed by atoms with van der Waals surface area (Å²) in [7, 11) is 1.68. The van der Waals surface area contributed by atoms with Gasteiger partial charge in [-0.05, 0) is 63.9 Å². The fraction of sp³-hybridized carbons (Fsp3) is 0.519. The van der Waals surface area contributed by atoms with Gasteiger partial charge in [-0.2, -0.15) is 0 Å². The van der Waals surface area contributed by atoms with E-state index in [1.54, 1.807) is 7.11 Å². The first-order chi connectivity index (χ1) is 16.0. The van der Waals surface area contributed by atoms with E-state index in [4.69, 9.17) is 14.2 Å². The molecule has 2 aromatic rings. The maximum absolute atomic E-state index is 13.6. The minimum atomic E-state index is -0.144. The smallest absolute Gasteiger partial charge is 0.254 e. The lowest BCUT2D eigenvalue weighted by Gasteiger charge is -2.37. The van der Waals surface area contributed by atoms with Crippen molar-refractivity contribution in [3.05, 3.63) is 59.7 Å². The van der Waals surface area contributed by atoms with Gasteiger partial charge in [0, 0.05) is 44.3 Å². The van der Waals surface area contributed by atoms with Gasteiger partial charge in [-0.15, -0.1) is 0 Å². The van der Waals surface area contributed by atoms with Crippen LogP contribution in [0.5, 0.6) is 11.5 Å². The molecular formula is C27H38N2O4. The van der Waals surface area contributed by atoms with Gasteiger partial charge in [0.15, 0.2) is 11.5 Å². The number of hydrogen-bond donors (Lipinski definition) is 1. The zero-order chi connectivity index (χ0) is 23.6. The molecule has 2 atom stereocenters. The molecule has 2 aromatic carbocycles. The Kier molecular flexibility index (Phi) is 9.58. The lowest BCUT2D eigenvalue weighted by molar-refractivity contribution is 0.0573. The largest absolute Gasteiger partial charge is 0.490 e. The Balaban J connectivity index is 1.83. The summed E-state index contributed by atoms with van der Waals surface area (Å²) < 4.78 is 17.5. The van der Waals surface area contributed by atoms with E-state index < -0.39 is 0 Å². The molecule has 1 N–H and O–H groups in total. The summed E-state index contributed by atoms with van der Waals surface area (Å²) in [5, 5.41) is 3.42.